The largest absolute Gasteiger partial charge is 0.370 e. The molecular weight excluding hydrogens is 290 g/mol. The minimum absolute atomic E-state index is 0.0553. The summed E-state index contributed by atoms with van der Waals surface area (Å²) in [5, 5.41) is 3.04. The smallest absolute Gasteiger partial charge is 0.224 e. The molecule has 1 saturated heterocycles. The van der Waals surface area contributed by atoms with E-state index in [9.17, 15) is 9.59 Å². The number of hydrogen-bond donors (Lipinski definition) is 1. The molecule has 0 saturated carbocycles. The fraction of sp³-hybridized carbons (Fsp3) is 0.556. The number of nitrogens with zero attached hydrogens (tertiary/aromatic N) is 2. The fourth-order valence-corrected chi connectivity index (χ4v) is 2.92. The van der Waals surface area contributed by atoms with Crippen LogP contribution in [0.5, 0.6) is 0 Å². The number of carbonyl (C=O) groups excluding carboxylic acids is 2. The molecule has 2 amide bonds. The van der Waals surface area contributed by atoms with Crippen molar-refractivity contribution >= 4 is 17.5 Å². The van der Waals surface area contributed by atoms with E-state index < -0.39 is 0 Å². The molecule has 5 nitrogen and oxygen atoms in total. The number of amides is 2. The molecular formula is C18H27N3O2. The van der Waals surface area contributed by atoms with Gasteiger partial charge in [0.15, 0.2) is 0 Å². The minimum Gasteiger partial charge on any atom is -0.370 e. The number of rotatable bonds is 5. The summed E-state index contributed by atoms with van der Waals surface area (Å²) >= 11 is 0. The van der Waals surface area contributed by atoms with E-state index in [4.69, 9.17) is 0 Å². The summed E-state index contributed by atoms with van der Waals surface area (Å²) in [5.41, 5.74) is 1.13. The van der Waals surface area contributed by atoms with Crippen LogP contribution in [-0.2, 0) is 9.59 Å². The van der Waals surface area contributed by atoms with Gasteiger partial charge in [-0.15, -0.1) is 0 Å². The van der Waals surface area contributed by atoms with Gasteiger partial charge in [-0.05, 0) is 31.9 Å². The Balaban J connectivity index is 1.82. The summed E-state index contributed by atoms with van der Waals surface area (Å²) in [5.74, 6) is 0.0332. The third-order valence-electron chi connectivity index (χ3n) is 4.63. The van der Waals surface area contributed by atoms with Crippen molar-refractivity contribution in [3.05, 3.63) is 30.3 Å². The minimum atomic E-state index is -0.0816. The van der Waals surface area contributed by atoms with Gasteiger partial charge in [0.1, 0.15) is 0 Å². The van der Waals surface area contributed by atoms with Gasteiger partial charge in [0, 0.05) is 45.3 Å². The Morgan fingerprint density at radius 2 is 2.04 bits per heavy atom. The Morgan fingerprint density at radius 3 is 2.70 bits per heavy atom. The van der Waals surface area contributed by atoms with Crippen LogP contribution in [-0.4, -0.2) is 49.4 Å². The van der Waals surface area contributed by atoms with Gasteiger partial charge in [0.2, 0.25) is 11.8 Å². The predicted octanol–water partition coefficient (Wildman–Crippen LogP) is 1.89. The number of benzene rings is 1. The molecule has 1 N–H and O–H groups in total. The average Bonchev–Trinajstić information content (AvgIpc) is 2.59. The maximum absolute atomic E-state index is 12.4. The van der Waals surface area contributed by atoms with E-state index >= 15 is 0 Å². The molecule has 0 spiro atoms. The fourth-order valence-electron chi connectivity index (χ4n) is 2.92. The zero-order chi connectivity index (χ0) is 16.8. The van der Waals surface area contributed by atoms with Gasteiger partial charge in [-0.3, -0.25) is 9.59 Å². The monoisotopic (exact) mass is 317 g/mol. The van der Waals surface area contributed by atoms with Crippen molar-refractivity contribution < 1.29 is 9.59 Å². The number of hydrogen-bond acceptors (Lipinski definition) is 3. The van der Waals surface area contributed by atoms with Crippen LogP contribution in [0.1, 0.15) is 26.7 Å². The van der Waals surface area contributed by atoms with Crippen LogP contribution in [0.15, 0.2) is 30.3 Å². The number of carbonyl (C=O) groups is 2. The molecule has 0 radical (unpaired) electrons. The van der Waals surface area contributed by atoms with Crippen LogP contribution < -0.4 is 10.2 Å². The molecule has 1 aromatic carbocycles. The zero-order valence-corrected chi connectivity index (χ0v) is 14.3. The molecule has 0 aromatic heterocycles. The van der Waals surface area contributed by atoms with Gasteiger partial charge in [-0.25, -0.2) is 0 Å². The topological polar surface area (TPSA) is 52.7 Å². The van der Waals surface area contributed by atoms with Gasteiger partial charge >= 0.3 is 0 Å². The molecule has 2 unspecified atom stereocenters. The lowest BCUT2D eigenvalue weighted by molar-refractivity contribution is -0.133. The molecule has 1 fully saturated rings. The molecule has 1 aliphatic heterocycles. The van der Waals surface area contributed by atoms with Crippen LogP contribution in [0.2, 0.25) is 0 Å². The molecule has 1 heterocycles. The molecule has 1 aromatic rings. The molecule has 126 valence electrons. The van der Waals surface area contributed by atoms with Gasteiger partial charge in [-0.1, -0.05) is 18.2 Å². The number of anilines is 1. The summed E-state index contributed by atoms with van der Waals surface area (Å²) < 4.78 is 0. The van der Waals surface area contributed by atoms with Crippen LogP contribution in [0.4, 0.5) is 5.69 Å². The van der Waals surface area contributed by atoms with E-state index in [1.807, 2.05) is 25.2 Å². The normalized spacial score (nSPS) is 19.1. The van der Waals surface area contributed by atoms with Crippen molar-refractivity contribution in [2.75, 3.05) is 31.6 Å². The molecule has 1 aliphatic rings. The third kappa shape index (κ3) is 4.71. The number of piperidine rings is 1. The Hall–Kier alpha value is -2.04. The van der Waals surface area contributed by atoms with Crippen LogP contribution >= 0.6 is 0 Å². The second-order valence-electron chi connectivity index (χ2n) is 6.34. The van der Waals surface area contributed by atoms with Crippen molar-refractivity contribution in [2.45, 2.75) is 32.7 Å². The molecule has 23 heavy (non-hydrogen) atoms. The van der Waals surface area contributed by atoms with Crippen LogP contribution in [0, 0.1) is 5.92 Å². The van der Waals surface area contributed by atoms with Gasteiger partial charge in [-0.2, -0.15) is 0 Å². The highest BCUT2D eigenvalue weighted by Crippen LogP contribution is 2.17. The Morgan fingerprint density at radius 1 is 1.35 bits per heavy atom. The van der Waals surface area contributed by atoms with Crippen LogP contribution in [0.25, 0.3) is 0 Å². The Labute approximate surface area is 138 Å². The maximum atomic E-state index is 12.4. The highest BCUT2D eigenvalue weighted by molar-refractivity contribution is 5.80. The second-order valence-corrected chi connectivity index (χ2v) is 6.34. The summed E-state index contributed by atoms with van der Waals surface area (Å²) in [6, 6.07) is 10.3. The second kappa shape index (κ2) is 7.99. The lowest BCUT2D eigenvalue weighted by Crippen LogP contribution is -2.47. The van der Waals surface area contributed by atoms with E-state index in [0.717, 1.165) is 25.1 Å². The van der Waals surface area contributed by atoms with Crippen LogP contribution in [0.3, 0.4) is 0 Å². The van der Waals surface area contributed by atoms with E-state index in [0.29, 0.717) is 13.1 Å². The van der Waals surface area contributed by atoms with Gasteiger partial charge < -0.3 is 15.1 Å². The van der Waals surface area contributed by atoms with Crippen molar-refractivity contribution in [2.24, 2.45) is 5.92 Å². The highest BCUT2D eigenvalue weighted by atomic mass is 16.2. The Bertz CT molecular complexity index is 532. The third-order valence-corrected chi connectivity index (χ3v) is 4.63. The van der Waals surface area contributed by atoms with Gasteiger partial charge in [0.05, 0.1) is 5.92 Å². The molecule has 0 bridgehead atoms. The summed E-state index contributed by atoms with van der Waals surface area (Å²) in [7, 11) is 2.03. The predicted molar refractivity (Wildman–Crippen MR) is 92.3 cm³/mol. The molecule has 2 atom stereocenters. The highest BCUT2D eigenvalue weighted by Gasteiger charge is 2.27. The molecule has 5 heteroatoms. The first-order chi connectivity index (χ1) is 11.0. The lowest BCUT2D eigenvalue weighted by atomic mass is 9.97. The van der Waals surface area contributed by atoms with E-state index in [1.165, 1.54) is 0 Å². The summed E-state index contributed by atoms with van der Waals surface area (Å²) in [6.45, 7) is 5.57. The summed E-state index contributed by atoms with van der Waals surface area (Å²) in [4.78, 5) is 27.8. The number of likely N-dealkylation sites (N-methyl/N-ethyl adjacent to an activating group) is 1. The first-order valence-corrected chi connectivity index (χ1v) is 8.30. The first kappa shape index (κ1) is 17.3. The van der Waals surface area contributed by atoms with E-state index in [1.54, 1.807) is 11.8 Å². The number of para-hydroxylation sites is 1. The SMILES string of the molecule is CC(=O)N1CCCC(C(=O)NCC(C)N(C)c2ccccc2)C1. The quantitative estimate of drug-likeness (QED) is 0.902. The first-order valence-electron chi connectivity index (χ1n) is 8.30. The van der Waals surface area contributed by atoms with Crippen molar-refractivity contribution in [3.8, 4) is 0 Å². The molecule has 2 rings (SSSR count). The molecule has 0 aliphatic carbocycles. The van der Waals surface area contributed by atoms with E-state index in [-0.39, 0.29) is 23.8 Å². The van der Waals surface area contributed by atoms with Crippen molar-refractivity contribution in [1.29, 1.82) is 0 Å². The number of nitrogens with one attached hydrogen (secondary N) is 1. The summed E-state index contributed by atoms with van der Waals surface area (Å²) in [6.07, 6.45) is 1.76. The maximum Gasteiger partial charge on any atom is 0.224 e. The van der Waals surface area contributed by atoms with Crippen molar-refractivity contribution in [1.82, 2.24) is 10.2 Å². The Kier molecular flexibility index (Phi) is 6.02. The van der Waals surface area contributed by atoms with Gasteiger partial charge in [0.25, 0.3) is 0 Å². The van der Waals surface area contributed by atoms with E-state index in [2.05, 4.69) is 29.3 Å². The number of likely N-dealkylation sites (tertiary alicyclic amines) is 1. The zero-order valence-electron chi connectivity index (χ0n) is 14.3. The van der Waals surface area contributed by atoms with Crippen molar-refractivity contribution in [3.63, 3.8) is 0 Å². The average molecular weight is 317 g/mol. The lowest BCUT2D eigenvalue weighted by Gasteiger charge is -2.32. The standard InChI is InChI=1S/C18H27N3O2/c1-14(20(3)17-9-5-4-6-10-17)12-19-18(23)16-8-7-11-21(13-16)15(2)22/h4-6,9-10,14,16H,7-8,11-13H2,1-3H3,(H,19,23).